The topological polar surface area (TPSA) is 88.1 Å². The maximum atomic E-state index is 13.2. The Morgan fingerprint density at radius 2 is 2.00 bits per heavy atom. The van der Waals surface area contributed by atoms with Crippen LogP contribution < -0.4 is 10.5 Å². The summed E-state index contributed by atoms with van der Waals surface area (Å²) in [5, 5.41) is 1.25. The highest BCUT2D eigenvalue weighted by molar-refractivity contribution is 8.00. The third-order valence-electron chi connectivity index (χ3n) is 5.29. The Morgan fingerprint density at radius 1 is 1.16 bits per heavy atom. The van der Waals surface area contributed by atoms with Gasteiger partial charge in [0.25, 0.3) is 5.56 Å². The summed E-state index contributed by atoms with van der Waals surface area (Å²) in [6.07, 6.45) is 3.47. The number of amides is 2. The Labute approximate surface area is 181 Å². The highest BCUT2D eigenvalue weighted by atomic mass is 32.2. The summed E-state index contributed by atoms with van der Waals surface area (Å²) >= 11 is 1.15. The zero-order chi connectivity index (χ0) is 21.5. The fourth-order valence-corrected chi connectivity index (χ4v) is 4.92. The monoisotopic (exact) mass is 430 g/mol. The van der Waals surface area contributed by atoms with Crippen LogP contribution in [0.1, 0.15) is 6.42 Å². The molecule has 1 unspecified atom stereocenters. The number of aromatic amines is 1. The fraction of sp³-hybridized carbons (Fsp3) is 0.130. The van der Waals surface area contributed by atoms with Gasteiger partial charge in [-0.25, -0.2) is 9.88 Å². The summed E-state index contributed by atoms with van der Waals surface area (Å²) in [6, 6.07) is 14.4. The summed E-state index contributed by atoms with van der Waals surface area (Å²) in [5.41, 5.74) is 1.74. The van der Waals surface area contributed by atoms with Gasteiger partial charge in [-0.15, -0.1) is 6.58 Å². The van der Waals surface area contributed by atoms with E-state index in [0.717, 1.165) is 22.7 Å². The van der Waals surface area contributed by atoms with Crippen LogP contribution in [0.2, 0.25) is 0 Å². The maximum absolute atomic E-state index is 13.2. The van der Waals surface area contributed by atoms with Crippen LogP contribution in [0.5, 0.6) is 0 Å². The van der Waals surface area contributed by atoms with Crippen LogP contribution in [-0.2, 0) is 16.1 Å². The van der Waals surface area contributed by atoms with E-state index in [-0.39, 0.29) is 30.3 Å². The maximum Gasteiger partial charge on any atom is 0.262 e. The smallest absolute Gasteiger partial charge is 0.262 e. The van der Waals surface area contributed by atoms with Gasteiger partial charge in [0.1, 0.15) is 5.25 Å². The molecule has 8 heteroatoms. The van der Waals surface area contributed by atoms with Crippen LogP contribution in [-0.4, -0.2) is 31.6 Å². The second-order valence-corrected chi connectivity index (χ2v) is 8.41. The molecule has 1 atom stereocenters. The summed E-state index contributed by atoms with van der Waals surface area (Å²) in [6.45, 7) is 3.99. The highest BCUT2D eigenvalue weighted by Crippen LogP contribution is 2.34. The van der Waals surface area contributed by atoms with E-state index in [1.54, 1.807) is 36.4 Å². The minimum Gasteiger partial charge on any atom is -0.361 e. The van der Waals surface area contributed by atoms with Gasteiger partial charge in [-0.3, -0.25) is 19.0 Å². The van der Waals surface area contributed by atoms with E-state index in [2.05, 4.69) is 16.5 Å². The molecule has 2 aromatic heterocycles. The number of thioether (sulfide) groups is 1. The Bertz CT molecular complexity index is 1420. The number of nitrogens with one attached hydrogen (secondary N) is 1. The van der Waals surface area contributed by atoms with Crippen molar-refractivity contribution in [2.45, 2.75) is 23.4 Å². The average molecular weight is 430 g/mol. The van der Waals surface area contributed by atoms with Crippen LogP contribution in [0.4, 0.5) is 5.69 Å². The number of hydrogen-bond acceptors (Lipinski definition) is 5. The van der Waals surface area contributed by atoms with Crippen molar-refractivity contribution >= 4 is 51.1 Å². The standard InChI is InChI=1S/C23H18N4O3S/c1-2-11-26-21(29)16-5-3-4-6-17(16)25-23(26)31-19-13-20(28)27(22(19)30)15-8-7-14-9-10-24-18(14)12-15/h2-10,12,19,24H,1,11,13H2. The predicted octanol–water partition coefficient (Wildman–Crippen LogP) is 3.49. The van der Waals surface area contributed by atoms with Crippen molar-refractivity contribution in [3.05, 3.63) is 77.7 Å². The molecule has 0 aliphatic carbocycles. The van der Waals surface area contributed by atoms with E-state index in [4.69, 9.17) is 0 Å². The van der Waals surface area contributed by atoms with Gasteiger partial charge in [0, 0.05) is 24.7 Å². The molecule has 1 saturated heterocycles. The molecule has 3 heterocycles. The van der Waals surface area contributed by atoms with Crippen molar-refractivity contribution in [2.24, 2.45) is 0 Å². The second kappa shape index (κ2) is 7.55. The molecule has 1 N–H and O–H groups in total. The summed E-state index contributed by atoms with van der Waals surface area (Å²) in [5.74, 6) is -0.583. The van der Waals surface area contributed by atoms with Gasteiger partial charge in [0.05, 0.1) is 16.6 Å². The number of hydrogen-bond donors (Lipinski definition) is 1. The molecule has 0 radical (unpaired) electrons. The van der Waals surface area contributed by atoms with E-state index in [1.165, 1.54) is 9.47 Å². The molecule has 31 heavy (non-hydrogen) atoms. The molecular formula is C23H18N4O3S. The quantitative estimate of drug-likeness (QED) is 0.298. The Hall–Kier alpha value is -3.65. The average Bonchev–Trinajstić information content (AvgIpc) is 3.34. The second-order valence-electron chi connectivity index (χ2n) is 7.24. The number of H-pyrrole nitrogens is 1. The normalized spacial score (nSPS) is 16.5. The van der Waals surface area contributed by atoms with Gasteiger partial charge < -0.3 is 4.98 Å². The Balaban J connectivity index is 1.50. The number of carbonyl (C=O) groups is 2. The largest absolute Gasteiger partial charge is 0.361 e. The number of nitrogens with zero attached hydrogens (tertiary/aromatic N) is 3. The van der Waals surface area contributed by atoms with Gasteiger partial charge in [0.2, 0.25) is 11.8 Å². The van der Waals surface area contributed by atoms with Gasteiger partial charge in [-0.05, 0) is 35.7 Å². The van der Waals surface area contributed by atoms with E-state index in [1.807, 2.05) is 24.4 Å². The minimum atomic E-state index is -0.657. The van der Waals surface area contributed by atoms with Gasteiger partial charge in [0.15, 0.2) is 5.16 Å². The van der Waals surface area contributed by atoms with E-state index < -0.39 is 5.25 Å². The number of imide groups is 1. The highest BCUT2D eigenvalue weighted by Gasteiger charge is 2.41. The Morgan fingerprint density at radius 3 is 2.84 bits per heavy atom. The van der Waals surface area contributed by atoms with E-state index in [9.17, 15) is 14.4 Å². The van der Waals surface area contributed by atoms with Crippen LogP contribution in [0.25, 0.3) is 21.8 Å². The van der Waals surface area contributed by atoms with Gasteiger partial charge in [-0.2, -0.15) is 0 Å². The number of allylic oxidation sites excluding steroid dienone is 1. The first-order valence-electron chi connectivity index (χ1n) is 9.78. The minimum absolute atomic E-state index is 0.0447. The van der Waals surface area contributed by atoms with E-state index >= 15 is 0 Å². The van der Waals surface area contributed by atoms with Crippen molar-refractivity contribution in [2.75, 3.05) is 4.90 Å². The first-order valence-corrected chi connectivity index (χ1v) is 10.7. The van der Waals surface area contributed by atoms with E-state index in [0.29, 0.717) is 21.7 Å². The molecule has 4 aromatic rings. The first-order chi connectivity index (χ1) is 15.1. The van der Waals surface area contributed by atoms with Crippen molar-refractivity contribution < 1.29 is 9.59 Å². The number of aromatic nitrogens is 3. The summed E-state index contributed by atoms with van der Waals surface area (Å²) < 4.78 is 1.49. The predicted molar refractivity (Wildman–Crippen MR) is 121 cm³/mol. The third kappa shape index (κ3) is 3.25. The van der Waals surface area contributed by atoms with Crippen molar-refractivity contribution in [3.8, 4) is 0 Å². The molecule has 7 nitrogen and oxygen atoms in total. The lowest BCUT2D eigenvalue weighted by Gasteiger charge is -2.16. The molecule has 0 spiro atoms. The van der Waals surface area contributed by atoms with Crippen molar-refractivity contribution in [1.29, 1.82) is 0 Å². The summed E-state index contributed by atoms with van der Waals surface area (Å²) in [7, 11) is 0. The number of fused-ring (bicyclic) bond motifs is 2. The lowest BCUT2D eigenvalue weighted by molar-refractivity contribution is -0.121. The fourth-order valence-electron chi connectivity index (χ4n) is 3.80. The number of rotatable bonds is 5. The molecule has 2 aromatic carbocycles. The van der Waals surface area contributed by atoms with Crippen molar-refractivity contribution in [1.82, 2.24) is 14.5 Å². The van der Waals surface area contributed by atoms with Gasteiger partial charge >= 0.3 is 0 Å². The SMILES string of the molecule is C=CCn1c(SC2CC(=O)N(c3ccc4cc[nH]c4c3)C2=O)nc2ccccc2c1=O. The van der Waals surface area contributed by atoms with Crippen LogP contribution in [0.3, 0.4) is 0 Å². The van der Waals surface area contributed by atoms with Crippen LogP contribution in [0, 0.1) is 0 Å². The molecular weight excluding hydrogens is 412 g/mol. The molecule has 0 saturated carbocycles. The molecule has 1 aliphatic heterocycles. The molecule has 154 valence electrons. The number of benzene rings is 2. The molecule has 2 amide bonds. The molecule has 1 aliphatic rings. The molecule has 1 fully saturated rings. The number of para-hydroxylation sites is 1. The first kappa shape index (κ1) is 19.3. The summed E-state index contributed by atoms with van der Waals surface area (Å²) in [4.78, 5) is 47.7. The lowest BCUT2D eigenvalue weighted by atomic mass is 10.2. The van der Waals surface area contributed by atoms with Gasteiger partial charge in [-0.1, -0.05) is 36.0 Å². The Kier molecular flexibility index (Phi) is 4.71. The lowest BCUT2D eigenvalue weighted by Crippen LogP contribution is -2.31. The zero-order valence-electron chi connectivity index (χ0n) is 16.4. The number of carbonyl (C=O) groups excluding carboxylic acids is 2. The third-order valence-corrected chi connectivity index (χ3v) is 6.46. The number of anilines is 1. The van der Waals surface area contributed by atoms with Crippen LogP contribution in [0.15, 0.2) is 77.3 Å². The van der Waals surface area contributed by atoms with Crippen LogP contribution >= 0.6 is 11.8 Å². The zero-order valence-corrected chi connectivity index (χ0v) is 17.3. The molecule has 5 rings (SSSR count). The van der Waals surface area contributed by atoms with Crippen molar-refractivity contribution in [3.63, 3.8) is 0 Å². The molecule has 0 bridgehead atoms.